The van der Waals surface area contributed by atoms with Crippen LogP contribution in [-0.4, -0.2) is 30.4 Å². The van der Waals surface area contributed by atoms with E-state index in [1.54, 1.807) is 50.2 Å². The lowest BCUT2D eigenvalue weighted by Gasteiger charge is -2.26. The van der Waals surface area contributed by atoms with Crippen LogP contribution in [0.25, 0.3) is 6.08 Å². The van der Waals surface area contributed by atoms with Gasteiger partial charge in [0.2, 0.25) is 0 Å². The number of benzene rings is 2. The fraction of sp³-hybridized carbons (Fsp3) is 0.217. The number of barbiturate groups is 1. The maximum atomic E-state index is 13.0. The van der Waals surface area contributed by atoms with Crippen LogP contribution in [0.1, 0.15) is 31.4 Å². The molecule has 0 aromatic heterocycles. The number of rotatable bonds is 6. The van der Waals surface area contributed by atoms with Gasteiger partial charge in [-0.05, 0) is 49.8 Å². The van der Waals surface area contributed by atoms with Crippen molar-refractivity contribution in [1.82, 2.24) is 5.32 Å². The molecule has 3 rings (SSSR count). The molecule has 1 saturated heterocycles. The summed E-state index contributed by atoms with van der Waals surface area (Å²) in [6.45, 7) is 5.66. The Morgan fingerprint density at radius 2 is 1.74 bits per heavy atom. The summed E-state index contributed by atoms with van der Waals surface area (Å²) in [4.78, 5) is 50.2. The smallest absolute Gasteiger partial charge is 0.335 e. The average Bonchev–Trinajstić information content (AvgIpc) is 2.74. The fourth-order valence-electron chi connectivity index (χ4n) is 2.91. The zero-order valence-corrected chi connectivity index (χ0v) is 17.4. The Labute approximate surface area is 179 Å². The SMILES string of the molecule is CCOc1cc(/C=C2/C(=O)NC(=O)N(c3ccc(C)cc3)C2=O)ccc1OC(=O)CC. The third kappa shape index (κ3) is 4.80. The number of anilines is 1. The number of hydrogen-bond donors (Lipinski definition) is 1. The van der Waals surface area contributed by atoms with E-state index in [9.17, 15) is 19.2 Å². The predicted molar refractivity (Wildman–Crippen MR) is 114 cm³/mol. The lowest BCUT2D eigenvalue weighted by atomic mass is 10.1. The van der Waals surface area contributed by atoms with Gasteiger partial charge < -0.3 is 9.47 Å². The molecule has 8 nitrogen and oxygen atoms in total. The molecule has 2 aromatic carbocycles. The van der Waals surface area contributed by atoms with E-state index in [1.165, 1.54) is 12.1 Å². The van der Waals surface area contributed by atoms with E-state index >= 15 is 0 Å². The minimum Gasteiger partial charge on any atom is -0.490 e. The number of urea groups is 1. The predicted octanol–water partition coefficient (Wildman–Crippen LogP) is 3.38. The molecule has 0 aliphatic carbocycles. The number of nitrogens with zero attached hydrogens (tertiary/aromatic N) is 1. The Hall–Kier alpha value is -3.94. The highest BCUT2D eigenvalue weighted by atomic mass is 16.6. The van der Waals surface area contributed by atoms with Crippen LogP contribution in [0.2, 0.25) is 0 Å². The number of hydrogen-bond acceptors (Lipinski definition) is 6. The summed E-state index contributed by atoms with van der Waals surface area (Å²) < 4.78 is 10.8. The maximum Gasteiger partial charge on any atom is 0.335 e. The normalized spacial score (nSPS) is 15.1. The summed E-state index contributed by atoms with van der Waals surface area (Å²) in [5, 5.41) is 2.19. The van der Waals surface area contributed by atoms with Gasteiger partial charge in [-0.2, -0.15) is 0 Å². The third-order valence-corrected chi connectivity index (χ3v) is 4.48. The first-order valence-corrected chi connectivity index (χ1v) is 9.79. The minimum absolute atomic E-state index is 0.203. The number of aryl methyl sites for hydroxylation is 1. The molecular formula is C23H22N2O6. The summed E-state index contributed by atoms with van der Waals surface area (Å²) in [5.74, 6) is -1.41. The molecule has 0 radical (unpaired) electrons. The molecular weight excluding hydrogens is 400 g/mol. The number of amides is 4. The first-order valence-electron chi connectivity index (χ1n) is 9.79. The summed E-state index contributed by atoms with van der Waals surface area (Å²) in [6, 6.07) is 10.6. The lowest BCUT2D eigenvalue weighted by molar-refractivity contribution is -0.134. The van der Waals surface area contributed by atoms with E-state index in [4.69, 9.17) is 9.47 Å². The summed E-state index contributed by atoms with van der Waals surface area (Å²) >= 11 is 0. The molecule has 1 heterocycles. The molecule has 0 spiro atoms. The number of nitrogens with one attached hydrogen (secondary N) is 1. The largest absolute Gasteiger partial charge is 0.490 e. The van der Waals surface area contributed by atoms with Gasteiger partial charge in [0.15, 0.2) is 11.5 Å². The van der Waals surface area contributed by atoms with Crippen LogP contribution < -0.4 is 19.7 Å². The fourth-order valence-corrected chi connectivity index (χ4v) is 2.91. The van der Waals surface area contributed by atoms with Crippen LogP contribution in [0.4, 0.5) is 10.5 Å². The molecule has 1 aliphatic rings. The second-order valence-electron chi connectivity index (χ2n) is 6.76. The van der Waals surface area contributed by atoms with E-state index in [2.05, 4.69) is 5.32 Å². The van der Waals surface area contributed by atoms with Crippen molar-refractivity contribution < 1.29 is 28.7 Å². The van der Waals surface area contributed by atoms with Crippen molar-refractivity contribution in [2.45, 2.75) is 27.2 Å². The zero-order chi connectivity index (χ0) is 22.5. The molecule has 0 saturated carbocycles. The van der Waals surface area contributed by atoms with Gasteiger partial charge in [-0.25, -0.2) is 9.69 Å². The summed E-state index contributed by atoms with van der Waals surface area (Å²) in [6.07, 6.45) is 1.56. The van der Waals surface area contributed by atoms with Crippen LogP contribution in [0.3, 0.4) is 0 Å². The highest BCUT2D eigenvalue weighted by molar-refractivity contribution is 6.39. The molecule has 2 aromatic rings. The van der Waals surface area contributed by atoms with Gasteiger partial charge in [-0.1, -0.05) is 30.7 Å². The third-order valence-electron chi connectivity index (χ3n) is 4.48. The van der Waals surface area contributed by atoms with Crippen molar-refractivity contribution in [2.75, 3.05) is 11.5 Å². The Balaban J connectivity index is 1.97. The van der Waals surface area contributed by atoms with E-state index in [-0.39, 0.29) is 17.7 Å². The minimum atomic E-state index is -0.812. The summed E-state index contributed by atoms with van der Waals surface area (Å²) in [7, 11) is 0. The van der Waals surface area contributed by atoms with Crippen molar-refractivity contribution in [2.24, 2.45) is 0 Å². The van der Waals surface area contributed by atoms with Crippen LogP contribution in [-0.2, 0) is 14.4 Å². The highest BCUT2D eigenvalue weighted by Gasteiger charge is 2.36. The van der Waals surface area contributed by atoms with Crippen molar-refractivity contribution >= 4 is 35.6 Å². The number of carbonyl (C=O) groups excluding carboxylic acids is 4. The average molecular weight is 422 g/mol. The standard InChI is InChI=1S/C23H22N2O6/c1-4-20(26)31-18-11-8-15(13-19(18)30-5-2)12-17-21(27)24-23(29)25(22(17)28)16-9-6-14(3)7-10-16/h6-13H,4-5H2,1-3H3,(H,24,27,29)/b17-12-. The molecule has 0 unspecified atom stereocenters. The quantitative estimate of drug-likeness (QED) is 0.331. The number of ether oxygens (including phenoxy) is 2. The van der Waals surface area contributed by atoms with Gasteiger partial charge in [0, 0.05) is 6.42 Å². The molecule has 0 atom stereocenters. The molecule has 31 heavy (non-hydrogen) atoms. The van der Waals surface area contributed by atoms with Gasteiger partial charge in [0.05, 0.1) is 12.3 Å². The topological polar surface area (TPSA) is 102 Å². The zero-order valence-electron chi connectivity index (χ0n) is 17.4. The van der Waals surface area contributed by atoms with Gasteiger partial charge in [0.1, 0.15) is 5.57 Å². The second kappa shape index (κ2) is 9.25. The molecule has 8 heteroatoms. The van der Waals surface area contributed by atoms with E-state index in [0.29, 0.717) is 23.6 Å². The number of imide groups is 2. The number of esters is 1. The maximum absolute atomic E-state index is 13.0. The lowest BCUT2D eigenvalue weighted by Crippen LogP contribution is -2.54. The summed E-state index contributed by atoms with van der Waals surface area (Å²) in [5.41, 5.74) is 1.58. The van der Waals surface area contributed by atoms with Gasteiger partial charge >= 0.3 is 12.0 Å². The van der Waals surface area contributed by atoms with Crippen LogP contribution in [0, 0.1) is 6.92 Å². The van der Waals surface area contributed by atoms with E-state index < -0.39 is 23.8 Å². The number of carbonyl (C=O) groups is 4. The molecule has 1 fully saturated rings. The Morgan fingerprint density at radius 1 is 1.03 bits per heavy atom. The van der Waals surface area contributed by atoms with Gasteiger partial charge in [0.25, 0.3) is 11.8 Å². The first-order chi connectivity index (χ1) is 14.8. The van der Waals surface area contributed by atoms with Crippen LogP contribution >= 0.6 is 0 Å². The highest BCUT2D eigenvalue weighted by Crippen LogP contribution is 2.30. The van der Waals surface area contributed by atoms with Crippen LogP contribution in [0.15, 0.2) is 48.0 Å². The monoisotopic (exact) mass is 422 g/mol. The van der Waals surface area contributed by atoms with E-state index in [1.807, 2.05) is 6.92 Å². The molecule has 1 aliphatic heterocycles. The van der Waals surface area contributed by atoms with Gasteiger partial charge in [-0.15, -0.1) is 0 Å². The Kier molecular flexibility index (Phi) is 6.49. The molecule has 160 valence electrons. The molecule has 4 amide bonds. The van der Waals surface area contributed by atoms with Crippen molar-refractivity contribution in [1.29, 1.82) is 0 Å². The molecule has 1 N–H and O–H groups in total. The Bertz CT molecular complexity index is 1070. The Morgan fingerprint density at radius 3 is 2.39 bits per heavy atom. The van der Waals surface area contributed by atoms with E-state index in [0.717, 1.165) is 10.5 Å². The molecule has 0 bridgehead atoms. The second-order valence-corrected chi connectivity index (χ2v) is 6.76. The first kappa shape index (κ1) is 21.8. The van der Waals surface area contributed by atoms with Crippen molar-refractivity contribution in [3.8, 4) is 11.5 Å². The van der Waals surface area contributed by atoms with Crippen LogP contribution in [0.5, 0.6) is 11.5 Å². The van der Waals surface area contributed by atoms with Crippen molar-refractivity contribution in [3.63, 3.8) is 0 Å². The van der Waals surface area contributed by atoms with Gasteiger partial charge in [-0.3, -0.25) is 19.7 Å². The van der Waals surface area contributed by atoms with Crippen molar-refractivity contribution in [3.05, 3.63) is 59.2 Å².